The lowest BCUT2D eigenvalue weighted by Crippen LogP contribution is -2.29. The Hall–Kier alpha value is -9.07. The van der Waals surface area contributed by atoms with Crippen molar-refractivity contribution in [2.24, 2.45) is 0 Å². The average molecular weight is 1600 g/mol. The summed E-state index contributed by atoms with van der Waals surface area (Å²) in [5, 5.41) is 29.0. The normalized spacial score (nSPS) is 13.6. The van der Waals surface area contributed by atoms with Crippen LogP contribution in [-0.2, 0) is 39.7 Å². The lowest BCUT2D eigenvalue weighted by Gasteiger charge is -2.27. The zero-order valence-corrected chi connectivity index (χ0v) is 70.0. The van der Waals surface area contributed by atoms with Crippen LogP contribution in [0.15, 0.2) is 376 Å². The molecule has 110 heavy (non-hydrogen) atoms. The highest BCUT2D eigenvalue weighted by Gasteiger charge is 2.42. The lowest BCUT2D eigenvalue weighted by molar-refractivity contribution is 0.106. The quantitative estimate of drug-likeness (QED) is 0.0392. The van der Waals surface area contributed by atoms with Crippen LogP contribution < -0.4 is 53.0 Å². The van der Waals surface area contributed by atoms with Gasteiger partial charge in [-0.15, -0.1) is 0 Å². The first-order chi connectivity index (χ1) is 52.7. The summed E-state index contributed by atoms with van der Waals surface area (Å²) >= 11 is 0. The van der Waals surface area contributed by atoms with Gasteiger partial charge in [0.2, 0.25) is 25.3 Å². The Labute approximate surface area is 650 Å². The average Bonchev–Trinajstić information content (AvgIpc) is 1.01. The van der Waals surface area contributed by atoms with E-state index < -0.39 is 81.7 Å². The van der Waals surface area contributed by atoms with E-state index in [-0.39, 0.29) is 11.1 Å². The number of rotatable bonds is 26. The summed E-state index contributed by atoms with van der Waals surface area (Å²) < 4.78 is 86.4. The largest absolute Gasteiger partial charge is 0.380 e. The van der Waals surface area contributed by atoms with Gasteiger partial charge in [0.25, 0.3) is 0 Å². The van der Waals surface area contributed by atoms with Gasteiger partial charge in [0.15, 0.2) is 14.3 Å². The molecule has 558 valence electrons. The summed E-state index contributed by atoms with van der Waals surface area (Å²) in [6.07, 6.45) is 1.18. The van der Waals surface area contributed by atoms with Crippen molar-refractivity contribution in [3.8, 4) is 0 Å². The van der Waals surface area contributed by atoms with Crippen LogP contribution in [0.5, 0.6) is 0 Å². The fourth-order valence-electron chi connectivity index (χ4n) is 13.9. The predicted molar refractivity (Wildman–Crippen MR) is 468 cm³/mol. The highest BCUT2D eigenvalue weighted by Crippen LogP contribution is 2.59. The summed E-state index contributed by atoms with van der Waals surface area (Å²) in [6.45, 7) is 13.8. The number of carbonyl (C=O) groups is 2. The molecule has 0 saturated carbocycles. The van der Waals surface area contributed by atoms with Crippen molar-refractivity contribution in [1.29, 1.82) is 0 Å². The van der Waals surface area contributed by atoms with E-state index in [0.29, 0.717) is 65.9 Å². The minimum Gasteiger partial charge on any atom is -0.380 e. The molecule has 13 aromatic carbocycles. The molecule has 0 radical (unpaired) electrons. The summed E-state index contributed by atoms with van der Waals surface area (Å²) in [6, 6.07) is 112. The molecule has 0 aliphatic heterocycles. The Balaban J connectivity index is 0.000000164. The second-order valence-corrected chi connectivity index (χ2v) is 58.8. The maximum Gasteiger partial charge on any atom is 0.230 e. The number of aliphatic hydroxyl groups is 2. The molecule has 13 aromatic rings. The SMILES string of the molecule is C[Si](C)(C)CP(=O)(Cc1ccc(CP(=O)(C[Si](C)(C)C)c2ccccc2)cc1)c1ccccc1.O=C(c1ccc(C(=O)P(=O)(c2ccccc2)c2ccccc2)cc1)P(=O)(c1ccccc1)c1ccccc1.O=P(c1ccccc1)(c1ccccc1)C(O)c1ccc(C(O)P(=O)(c2ccccc2)c2ccccc2)cc1. The Morgan fingerprint density at radius 1 is 0.255 bits per heavy atom. The van der Waals surface area contributed by atoms with Crippen molar-refractivity contribution in [2.75, 3.05) is 11.6 Å². The number of benzene rings is 13. The van der Waals surface area contributed by atoms with Crippen LogP contribution in [-0.4, -0.2) is 49.0 Å². The van der Waals surface area contributed by atoms with Crippen molar-refractivity contribution >= 4 is 123 Å². The molecule has 0 spiro atoms. The minimum atomic E-state index is -3.68. The van der Waals surface area contributed by atoms with Crippen LogP contribution in [0, 0.1) is 0 Å². The second kappa shape index (κ2) is 36.0. The highest BCUT2D eigenvalue weighted by molar-refractivity contribution is 7.94. The Bertz CT molecular complexity index is 4980. The smallest absolute Gasteiger partial charge is 0.230 e. The van der Waals surface area contributed by atoms with E-state index in [4.69, 9.17) is 0 Å². The molecular formula is C92H92O10P6Si2. The monoisotopic (exact) mass is 1600 g/mol. The van der Waals surface area contributed by atoms with E-state index in [1.807, 2.05) is 158 Å². The summed E-state index contributed by atoms with van der Waals surface area (Å²) in [5.74, 6) is -0.974. The van der Waals surface area contributed by atoms with E-state index in [9.17, 15) is 47.2 Å². The van der Waals surface area contributed by atoms with E-state index in [1.165, 1.54) is 24.3 Å². The van der Waals surface area contributed by atoms with Crippen LogP contribution in [0.2, 0.25) is 39.3 Å². The van der Waals surface area contributed by atoms with Crippen LogP contribution in [0.4, 0.5) is 0 Å². The Kier molecular flexibility index (Phi) is 26.8. The molecule has 0 aromatic heterocycles. The van der Waals surface area contributed by atoms with Gasteiger partial charge >= 0.3 is 0 Å². The van der Waals surface area contributed by atoms with Gasteiger partial charge in [-0.3, -0.25) is 9.59 Å². The highest BCUT2D eigenvalue weighted by atomic mass is 31.2. The van der Waals surface area contributed by atoms with Gasteiger partial charge in [-0.25, -0.2) is 0 Å². The number of hydrogen-bond acceptors (Lipinski definition) is 10. The zero-order valence-electron chi connectivity index (χ0n) is 62.6. The summed E-state index contributed by atoms with van der Waals surface area (Å²) in [4.78, 5) is 27.6. The number of hydrogen-bond donors (Lipinski definition) is 2. The van der Waals surface area contributed by atoms with E-state index in [2.05, 4.69) is 63.5 Å². The third-order valence-corrected chi connectivity index (χ3v) is 46.9. The topological polar surface area (TPSA) is 177 Å². The molecule has 18 heteroatoms. The molecule has 4 unspecified atom stereocenters. The molecule has 0 fully saturated rings. The number of carbonyl (C=O) groups excluding carboxylic acids is 2. The summed E-state index contributed by atoms with van der Waals surface area (Å²) in [7, 11) is -22.4. The molecule has 13 rings (SSSR count). The standard InChI is InChI=1S/C32H28O4P2.C32H24O4P2.C28H40O2P2Si2/c2*33-31(37(35,27-13-5-1-6-14-27)28-15-7-2-8-16-28)25-21-23-26(24-22-25)32(34)38(36,29-17-9-3-10-18-29)30-19-11-4-12-20-30;1-33(2,3)23-31(29,27-13-9-7-10-14-27)21-25-17-19-26(20-18-25)22-32(30,24-34(4,5)6)28-15-11-8-12-16-28/h1-24,31-34H;1-24H;7-20H,21-24H2,1-6H3. The van der Waals surface area contributed by atoms with Gasteiger partial charge in [0, 0.05) is 76.5 Å². The molecule has 4 atom stereocenters. The third kappa shape index (κ3) is 19.1. The predicted octanol–water partition coefficient (Wildman–Crippen LogP) is 19.5. The van der Waals surface area contributed by atoms with Crippen molar-refractivity contribution in [2.45, 2.75) is 63.3 Å². The lowest BCUT2D eigenvalue weighted by atomic mass is 10.1. The second-order valence-electron chi connectivity index (χ2n) is 29.8. The molecule has 0 amide bonds. The minimum absolute atomic E-state index is 0.215. The Morgan fingerprint density at radius 3 is 0.627 bits per heavy atom. The van der Waals surface area contributed by atoms with E-state index in [0.717, 1.165) is 33.3 Å². The van der Waals surface area contributed by atoms with Gasteiger partial charge < -0.3 is 37.6 Å². The van der Waals surface area contributed by atoms with Gasteiger partial charge in [-0.2, -0.15) is 0 Å². The molecule has 0 aliphatic rings. The van der Waals surface area contributed by atoms with Crippen molar-refractivity contribution in [1.82, 2.24) is 0 Å². The first-order valence-electron chi connectivity index (χ1n) is 36.5. The first-order valence-corrected chi connectivity index (χ1v) is 55.1. The summed E-state index contributed by atoms with van der Waals surface area (Å²) in [5.41, 5.74) is 2.49. The van der Waals surface area contributed by atoms with Gasteiger partial charge in [0.05, 0.1) is 16.1 Å². The van der Waals surface area contributed by atoms with Crippen molar-refractivity contribution in [3.63, 3.8) is 0 Å². The maximum atomic E-state index is 14.5. The van der Waals surface area contributed by atoms with Gasteiger partial charge in [-0.05, 0) is 33.8 Å². The molecule has 10 nitrogen and oxygen atoms in total. The van der Waals surface area contributed by atoms with Gasteiger partial charge in [-0.1, -0.05) is 415 Å². The molecule has 2 N–H and O–H groups in total. The van der Waals surface area contributed by atoms with Crippen LogP contribution in [0.3, 0.4) is 0 Å². The van der Waals surface area contributed by atoms with E-state index in [1.54, 1.807) is 170 Å². The van der Waals surface area contributed by atoms with Crippen LogP contribution >= 0.6 is 42.9 Å². The molecule has 0 heterocycles. The van der Waals surface area contributed by atoms with E-state index >= 15 is 0 Å². The molecule has 0 saturated heterocycles. The van der Waals surface area contributed by atoms with Gasteiger partial charge in [0.1, 0.15) is 26.0 Å². The molecule has 0 bridgehead atoms. The molecule has 0 aliphatic carbocycles. The first kappa shape index (κ1) is 81.9. The fraction of sp³-hybridized carbons (Fsp3) is 0.130. The van der Waals surface area contributed by atoms with Crippen LogP contribution in [0.25, 0.3) is 0 Å². The zero-order chi connectivity index (χ0) is 78.2. The van der Waals surface area contributed by atoms with Crippen LogP contribution in [0.1, 0.15) is 54.7 Å². The maximum absolute atomic E-state index is 14.5. The number of aliphatic hydroxyl groups excluding tert-OH is 2. The third-order valence-electron chi connectivity index (χ3n) is 19.0. The van der Waals surface area contributed by atoms with Crippen molar-refractivity contribution < 1.29 is 47.2 Å². The molecular weight excluding hydrogens is 1510 g/mol. The van der Waals surface area contributed by atoms with Crippen molar-refractivity contribution in [3.05, 3.63) is 409 Å². The Morgan fingerprint density at radius 2 is 0.436 bits per heavy atom. The fourth-order valence-corrected chi connectivity index (χ4v) is 42.2.